The van der Waals surface area contributed by atoms with E-state index in [0.29, 0.717) is 0 Å². The lowest BCUT2D eigenvalue weighted by Gasteiger charge is -1.92. The van der Waals surface area contributed by atoms with Crippen LogP contribution in [0.25, 0.3) is 0 Å². The first-order valence-electron chi connectivity index (χ1n) is 2.35. The van der Waals surface area contributed by atoms with Crippen LogP contribution >= 0.6 is 11.2 Å². The van der Waals surface area contributed by atoms with Crippen LogP contribution in [0.2, 0.25) is 0 Å². The minimum Gasteiger partial charge on any atom is -0.135 e. The van der Waals surface area contributed by atoms with Gasteiger partial charge in [-0.3, -0.25) is 0 Å². The predicted molar refractivity (Wildman–Crippen MR) is 30.2 cm³/mol. The van der Waals surface area contributed by atoms with Gasteiger partial charge in [-0.15, -0.1) is 11.2 Å². The fourth-order valence-electron chi connectivity index (χ4n) is 0.516. The Morgan fingerprint density at radius 3 is 2.50 bits per heavy atom. The first-order valence-corrected chi connectivity index (χ1v) is 3.33. The van der Waals surface area contributed by atoms with E-state index in [9.17, 15) is 0 Å². The van der Waals surface area contributed by atoms with Crippen molar-refractivity contribution in [3.05, 3.63) is 0 Å². The highest BCUT2D eigenvalue weighted by Crippen LogP contribution is 2.03. The molecule has 0 spiro atoms. The monoisotopic (exact) mass is 100 g/mol. The summed E-state index contributed by atoms with van der Waals surface area (Å²) in [7, 11) is 0. The standard InChI is InChI=1S/C5H8S/c1-2-4-6-5-3-1/h1-4H2. The third kappa shape index (κ3) is 1.00. The van der Waals surface area contributed by atoms with Gasteiger partial charge in [0.15, 0.2) is 0 Å². The Balaban J connectivity index is 2.36. The first-order chi connectivity index (χ1) is 3.00. The Bertz CT molecular complexity index is 75.8. The van der Waals surface area contributed by atoms with E-state index in [1.807, 2.05) is 11.2 Å². The zero-order valence-corrected chi connectivity index (χ0v) is 4.55. The largest absolute Gasteiger partial charge is 0.135 e. The molecule has 1 rings (SSSR count). The maximum Gasteiger partial charge on any atom is 0.0178 e. The summed E-state index contributed by atoms with van der Waals surface area (Å²) in [6.45, 7) is 0. The van der Waals surface area contributed by atoms with E-state index in [-0.39, 0.29) is 0 Å². The molecule has 1 heteroatoms. The summed E-state index contributed by atoms with van der Waals surface area (Å²) in [5.41, 5.74) is 0. The van der Waals surface area contributed by atoms with Crippen molar-refractivity contribution >= 4 is 11.2 Å². The minimum atomic E-state index is 1.21. The van der Waals surface area contributed by atoms with Crippen LogP contribution in [0.4, 0.5) is 0 Å². The SMILES string of the molecule is C1#SCCCC1. The molecule has 0 aromatic heterocycles. The predicted octanol–water partition coefficient (Wildman–Crippen LogP) is 1.86. The van der Waals surface area contributed by atoms with E-state index in [0.717, 1.165) is 0 Å². The second-order valence-corrected chi connectivity index (χ2v) is 2.44. The molecule has 0 aromatic rings. The highest BCUT2D eigenvalue weighted by Gasteiger charge is 1.86. The molecule has 0 aromatic carbocycles. The molecule has 6 heavy (non-hydrogen) atoms. The highest BCUT2D eigenvalue weighted by atomic mass is 32.1. The lowest BCUT2D eigenvalue weighted by molar-refractivity contribution is 0.832. The molecule has 0 saturated carbocycles. The van der Waals surface area contributed by atoms with E-state index in [1.54, 1.807) is 0 Å². The molecule has 1 aliphatic heterocycles. The van der Waals surface area contributed by atoms with Crippen LogP contribution in [0.15, 0.2) is 0 Å². The van der Waals surface area contributed by atoms with Gasteiger partial charge in [-0.05, 0) is 12.8 Å². The molecular formula is C5H8S. The molecule has 34 valence electrons. The molecule has 0 unspecified atom stereocenters. The Morgan fingerprint density at radius 2 is 2.33 bits per heavy atom. The second kappa shape index (κ2) is 2.22. The first kappa shape index (κ1) is 4.17. The minimum absolute atomic E-state index is 1.21. The summed E-state index contributed by atoms with van der Waals surface area (Å²) in [6.07, 6.45) is 3.98. The summed E-state index contributed by atoms with van der Waals surface area (Å²) in [5, 5.41) is 3.20. The van der Waals surface area contributed by atoms with E-state index < -0.39 is 0 Å². The fourth-order valence-corrected chi connectivity index (χ4v) is 1.30. The van der Waals surface area contributed by atoms with Crippen molar-refractivity contribution in [1.29, 1.82) is 0 Å². The normalized spacial score (nSPS) is 20.0. The van der Waals surface area contributed by atoms with Gasteiger partial charge in [-0.2, -0.15) is 0 Å². The zero-order chi connectivity index (χ0) is 4.24. The Kier molecular flexibility index (Phi) is 1.54. The molecule has 0 aliphatic carbocycles. The van der Waals surface area contributed by atoms with Gasteiger partial charge in [-0.1, -0.05) is 5.18 Å². The van der Waals surface area contributed by atoms with Crippen LogP contribution in [-0.2, 0) is 0 Å². The Hall–Kier alpha value is 0. The summed E-state index contributed by atoms with van der Waals surface area (Å²) < 4.78 is 0. The van der Waals surface area contributed by atoms with Crippen LogP contribution in [0, 0.1) is 5.18 Å². The number of hydrogen-bond donors (Lipinski definition) is 0. The molecule has 1 heterocycles. The highest BCUT2D eigenvalue weighted by molar-refractivity contribution is 7.88. The van der Waals surface area contributed by atoms with Gasteiger partial charge in [0.05, 0.1) is 0 Å². The van der Waals surface area contributed by atoms with E-state index >= 15 is 0 Å². The summed E-state index contributed by atoms with van der Waals surface area (Å²) >= 11 is 1.84. The number of hydrogen-bond acceptors (Lipinski definition) is 0. The van der Waals surface area contributed by atoms with Gasteiger partial charge in [0.2, 0.25) is 0 Å². The molecular weight excluding hydrogens is 92.1 g/mol. The van der Waals surface area contributed by atoms with Crippen LogP contribution in [0.1, 0.15) is 19.3 Å². The molecule has 0 fully saturated rings. The van der Waals surface area contributed by atoms with Crippen LogP contribution in [-0.4, -0.2) is 5.75 Å². The molecule has 1 aliphatic rings. The molecule has 0 nitrogen and oxygen atoms in total. The Labute approximate surface area is 42.2 Å². The smallest absolute Gasteiger partial charge is 0.0178 e. The molecule has 0 saturated heterocycles. The topological polar surface area (TPSA) is 0 Å². The second-order valence-electron chi connectivity index (χ2n) is 1.45. The Morgan fingerprint density at radius 1 is 1.33 bits per heavy atom. The van der Waals surface area contributed by atoms with Crippen molar-refractivity contribution in [2.45, 2.75) is 19.3 Å². The van der Waals surface area contributed by atoms with Crippen molar-refractivity contribution in [1.82, 2.24) is 0 Å². The van der Waals surface area contributed by atoms with Gasteiger partial charge in [0, 0.05) is 12.2 Å². The van der Waals surface area contributed by atoms with Crippen LogP contribution in [0.5, 0.6) is 0 Å². The summed E-state index contributed by atoms with van der Waals surface area (Å²) in [4.78, 5) is 0. The third-order valence-corrected chi connectivity index (χ3v) is 1.78. The van der Waals surface area contributed by atoms with Gasteiger partial charge in [-0.25, -0.2) is 0 Å². The lowest BCUT2D eigenvalue weighted by Crippen LogP contribution is -1.78. The molecule has 0 atom stereocenters. The fraction of sp³-hybridized carbons (Fsp3) is 0.800. The quantitative estimate of drug-likeness (QED) is 0.436. The van der Waals surface area contributed by atoms with Crippen molar-refractivity contribution in [2.24, 2.45) is 0 Å². The zero-order valence-electron chi connectivity index (χ0n) is 3.74. The van der Waals surface area contributed by atoms with Gasteiger partial charge in [0.25, 0.3) is 0 Å². The average Bonchev–Trinajstić information content (AvgIpc) is 1.72. The van der Waals surface area contributed by atoms with E-state index in [4.69, 9.17) is 0 Å². The van der Waals surface area contributed by atoms with Crippen LogP contribution in [0.3, 0.4) is 0 Å². The third-order valence-electron chi connectivity index (χ3n) is 0.877. The molecule has 0 N–H and O–H groups in total. The molecule has 0 radical (unpaired) electrons. The van der Waals surface area contributed by atoms with E-state index in [2.05, 4.69) is 5.18 Å². The van der Waals surface area contributed by atoms with Crippen molar-refractivity contribution in [2.75, 3.05) is 5.75 Å². The molecule has 0 bridgehead atoms. The van der Waals surface area contributed by atoms with Gasteiger partial charge >= 0.3 is 0 Å². The summed E-state index contributed by atoms with van der Waals surface area (Å²) in [6, 6.07) is 0. The van der Waals surface area contributed by atoms with E-state index in [1.165, 1.54) is 25.0 Å². The average molecular weight is 100 g/mol. The van der Waals surface area contributed by atoms with Crippen LogP contribution < -0.4 is 0 Å². The van der Waals surface area contributed by atoms with Gasteiger partial charge in [0.1, 0.15) is 0 Å². The van der Waals surface area contributed by atoms with Crippen molar-refractivity contribution < 1.29 is 0 Å². The lowest BCUT2D eigenvalue weighted by atomic mass is 10.3. The molecule has 0 amide bonds. The van der Waals surface area contributed by atoms with Crippen molar-refractivity contribution in [3.8, 4) is 5.18 Å². The summed E-state index contributed by atoms with van der Waals surface area (Å²) in [5.74, 6) is 1.31. The number of rotatable bonds is 0. The van der Waals surface area contributed by atoms with Crippen molar-refractivity contribution in [3.63, 3.8) is 0 Å². The maximum atomic E-state index is 3.20. The maximum absolute atomic E-state index is 3.20. The van der Waals surface area contributed by atoms with Gasteiger partial charge < -0.3 is 0 Å².